The van der Waals surface area contributed by atoms with Gasteiger partial charge in [0.25, 0.3) is 5.91 Å². The van der Waals surface area contributed by atoms with Crippen molar-refractivity contribution in [2.45, 2.75) is 31.7 Å². The Morgan fingerprint density at radius 3 is 2.62 bits per heavy atom. The summed E-state index contributed by atoms with van der Waals surface area (Å²) in [7, 11) is 1.39. The van der Waals surface area contributed by atoms with Crippen LogP contribution < -0.4 is 15.4 Å². The number of methoxy groups -OCH3 is 1. The van der Waals surface area contributed by atoms with Crippen LogP contribution in [-0.2, 0) is 0 Å². The number of rotatable bonds is 8. The Morgan fingerprint density at radius 1 is 1.10 bits per heavy atom. The van der Waals surface area contributed by atoms with Gasteiger partial charge in [-0.15, -0.1) is 0 Å². The fraction of sp³-hybridized carbons (Fsp3) is 0.276. The first kappa shape index (κ1) is 26.6. The number of hydrogen-bond donors (Lipinski definition) is 4. The number of pyridine rings is 1. The first-order valence-electron chi connectivity index (χ1n) is 12.7. The number of anilines is 2. The van der Waals surface area contributed by atoms with E-state index in [1.54, 1.807) is 24.5 Å². The van der Waals surface area contributed by atoms with E-state index in [0.717, 1.165) is 37.4 Å². The van der Waals surface area contributed by atoms with E-state index in [0.29, 0.717) is 28.2 Å². The van der Waals surface area contributed by atoms with Crippen LogP contribution in [0.25, 0.3) is 11.0 Å². The second kappa shape index (κ2) is 11.4. The van der Waals surface area contributed by atoms with Crippen LogP contribution in [0.1, 0.15) is 52.0 Å². The van der Waals surface area contributed by atoms with Crippen molar-refractivity contribution in [1.29, 1.82) is 0 Å². The topological polar surface area (TPSA) is 116 Å². The predicted molar refractivity (Wildman–Crippen MR) is 148 cm³/mol. The number of carbonyl (C=O) groups is 2. The lowest BCUT2D eigenvalue weighted by Crippen LogP contribution is -2.27. The number of halogens is 2. The lowest BCUT2D eigenvalue weighted by molar-refractivity contribution is 0.102. The van der Waals surface area contributed by atoms with E-state index in [4.69, 9.17) is 16.3 Å². The van der Waals surface area contributed by atoms with E-state index in [2.05, 4.69) is 20.6 Å². The van der Waals surface area contributed by atoms with Gasteiger partial charge in [-0.3, -0.25) is 9.59 Å². The van der Waals surface area contributed by atoms with Gasteiger partial charge < -0.3 is 25.5 Å². The number of aliphatic hydroxyl groups is 1. The number of ether oxygens (including phenoxy) is 1. The Hall–Kier alpha value is -3.95. The predicted octanol–water partition coefficient (Wildman–Crippen LogP) is 5.81. The number of aromatic amines is 1. The number of amides is 1. The number of benzene rings is 2. The number of fused-ring (bicyclic) bond motifs is 1. The summed E-state index contributed by atoms with van der Waals surface area (Å²) in [6.07, 6.45) is 7.08. The SMILES string of the molecule is COc1ccc(F)cc1C(=O)Nc1ccc(C(=O)c2c[nH]c3nccc(NC4CCC(CO)CC4)c23)c(Cl)c1. The molecule has 202 valence electrons. The number of hydrogen-bond acceptors (Lipinski definition) is 6. The Morgan fingerprint density at radius 2 is 1.90 bits per heavy atom. The van der Waals surface area contributed by atoms with Gasteiger partial charge in [0.1, 0.15) is 17.2 Å². The molecule has 0 spiro atoms. The highest BCUT2D eigenvalue weighted by atomic mass is 35.5. The molecule has 5 rings (SSSR count). The molecule has 0 atom stereocenters. The standard InChI is InChI=1S/C29H28ClFN4O4/c1-39-25-9-4-17(31)12-21(25)29(38)35-19-7-8-20(23(30)13-19)27(37)22-14-33-28-26(22)24(10-11-32-28)34-18-5-2-16(15-36)3-6-18/h4,7-14,16,18,36H,2-3,5-6,15H2,1H3,(H,35,38)(H2,32,33,34). The van der Waals surface area contributed by atoms with Gasteiger partial charge in [0.15, 0.2) is 5.78 Å². The Kier molecular flexibility index (Phi) is 7.81. The Bertz CT molecular complexity index is 1530. The molecule has 4 N–H and O–H groups in total. The zero-order chi connectivity index (χ0) is 27.5. The molecule has 10 heteroatoms. The molecule has 2 aromatic heterocycles. The van der Waals surface area contributed by atoms with E-state index >= 15 is 0 Å². The highest BCUT2D eigenvalue weighted by Gasteiger charge is 2.24. The number of nitrogens with zero attached hydrogens (tertiary/aromatic N) is 1. The average Bonchev–Trinajstić information content (AvgIpc) is 3.38. The van der Waals surface area contributed by atoms with Gasteiger partial charge in [0.05, 0.1) is 28.6 Å². The van der Waals surface area contributed by atoms with Crippen LogP contribution in [0.5, 0.6) is 5.75 Å². The first-order valence-corrected chi connectivity index (χ1v) is 13.1. The molecule has 39 heavy (non-hydrogen) atoms. The molecule has 0 bridgehead atoms. The van der Waals surface area contributed by atoms with Crippen molar-refractivity contribution in [2.75, 3.05) is 24.4 Å². The van der Waals surface area contributed by atoms with E-state index in [-0.39, 0.29) is 40.3 Å². The van der Waals surface area contributed by atoms with Gasteiger partial charge in [-0.25, -0.2) is 9.37 Å². The van der Waals surface area contributed by atoms with Crippen LogP contribution in [0.4, 0.5) is 15.8 Å². The normalized spacial score (nSPS) is 17.1. The molecule has 0 unspecified atom stereocenters. The maximum atomic E-state index is 13.7. The molecule has 2 aromatic carbocycles. The third-order valence-corrected chi connectivity index (χ3v) is 7.47. The van der Waals surface area contributed by atoms with Crippen molar-refractivity contribution >= 4 is 45.7 Å². The van der Waals surface area contributed by atoms with Crippen molar-refractivity contribution < 1.29 is 23.8 Å². The quantitative estimate of drug-likeness (QED) is 0.206. The first-order chi connectivity index (χ1) is 18.9. The third kappa shape index (κ3) is 5.60. The fourth-order valence-corrected chi connectivity index (χ4v) is 5.31. The van der Waals surface area contributed by atoms with E-state index in [1.165, 1.54) is 25.3 Å². The van der Waals surface area contributed by atoms with E-state index < -0.39 is 11.7 Å². The number of carbonyl (C=O) groups excluding carboxylic acids is 2. The third-order valence-electron chi connectivity index (χ3n) is 7.16. The van der Waals surface area contributed by atoms with Crippen molar-refractivity contribution in [3.05, 3.63) is 82.4 Å². The number of ketones is 1. The van der Waals surface area contributed by atoms with Gasteiger partial charge in [-0.05, 0) is 74.1 Å². The molecule has 1 amide bonds. The zero-order valence-corrected chi connectivity index (χ0v) is 22.0. The molecule has 1 saturated carbocycles. The summed E-state index contributed by atoms with van der Waals surface area (Å²) in [5, 5.41) is 16.5. The maximum Gasteiger partial charge on any atom is 0.259 e. The molecular formula is C29H28ClFN4O4. The number of nitrogens with one attached hydrogen (secondary N) is 3. The van der Waals surface area contributed by atoms with Crippen LogP contribution >= 0.6 is 11.6 Å². The van der Waals surface area contributed by atoms with Gasteiger partial charge in [0.2, 0.25) is 0 Å². The zero-order valence-electron chi connectivity index (χ0n) is 21.3. The lowest BCUT2D eigenvalue weighted by atomic mass is 9.86. The minimum atomic E-state index is -0.576. The molecule has 4 aromatic rings. The number of aromatic nitrogens is 2. The minimum absolute atomic E-state index is 0.0324. The largest absolute Gasteiger partial charge is 0.496 e. The average molecular weight is 551 g/mol. The van der Waals surface area contributed by atoms with Gasteiger partial charge in [-0.1, -0.05) is 11.6 Å². The van der Waals surface area contributed by atoms with Crippen LogP contribution in [-0.4, -0.2) is 46.5 Å². The van der Waals surface area contributed by atoms with Crippen molar-refractivity contribution in [2.24, 2.45) is 5.92 Å². The second-order valence-electron chi connectivity index (χ2n) is 9.65. The van der Waals surface area contributed by atoms with Crippen LogP contribution in [0.3, 0.4) is 0 Å². The minimum Gasteiger partial charge on any atom is -0.496 e. The monoisotopic (exact) mass is 550 g/mol. The highest BCUT2D eigenvalue weighted by molar-refractivity contribution is 6.36. The summed E-state index contributed by atoms with van der Waals surface area (Å²) < 4.78 is 18.9. The lowest BCUT2D eigenvalue weighted by Gasteiger charge is -2.29. The van der Waals surface area contributed by atoms with E-state index in [9.17, 15) is 19.1 Å². The summed E-state index contributed by atoms with van der Waals surface area (Å²) in [4.78, 5) is 33.8. The second-order valence-corrected chi connectivity index (χ2v) is 10.1. The highest BCUT2D eigenvalue weighted by Crippen LogP contribution is 2.33. The molecule has 1 aliphatic carbocycles. The van der Waals surface area contributed by atoms with Gasteiger partial charge >= 0.3 is 0 Å². The van der Waals surface area contributed by atoms with Crippen LogP contribution in [0.15, 0.2) is 54.9 Å². The fourth-order valence-electron chi connectivity index (χ4n) is 5.04. The maximum absolute atomic E-state index is 13.7. The van der Waals surface area contributed by atoms with Crippen molar-refractivity contribution in [3.8, 4) is 5.75 Å². The summed E-state index contributed by atoms with van der Waals surface area (Å²) in [5.41, 5.74) is 2.45. The Balaban J connectivity index is 1.37. The molecule has 0 aliphatic heterocycles. The summed E-state index contributed by atoms with van der Waals surface area (Å²) in [6, 6.07) is 10.3. The molecule has 0 saturated heterocycles. The summed E-state index contributed by atoms with van der Waals surface area (Å²) in [5.74, 6) is -0.870. The Labute approximate surface area is 229 Å². The molecule has 0 radical (unpaired) electrons. The molecule has 2 heterocycles. The van der Waals surface area contributed by atoms with E-state index in [1.807, 2.05) is 6.07 Å². The summed E-state index contributed by atoms with van der Waals surface area (Å²) >= 11 is 6.51. The molecular weight excluding hydrogens is 523 g/mol. The molecule has 1 fully saturated rings. The van der Waals surface area contributed by atoms with Crippen LogP contribution in [0, 0.1) is 11.7 Å². The number of H-pyrrole nitrogens is 1. The summed E-state index contributed by atoms with van der Waals surface area (Å²) in [6.45, 7) is 0.213. The van der Waals surface area contributed by atoms with Gasteiger partial charge in [0, 0.05) is 42.0 Å². The smallest absolute Gasteiger partial charge is 0.259 e. The molecule has 8 nitrogen and oxygen atoms in total. The van der Waals surface area contributed by atoms with Crippen molar-refractivity contribution in [3.63, 3.8) is 0 Å². The molecule has 1 aliphatic rings. The van der Waals surface area contributed by atoms with Crippen LogP contribution in [0.2, 0.25) is 5.02 Å². The van der Waals surface area contributed by atoms with Crippen molar-refractivity contribution in [1.82, 2.24) is 9.97 Å². The van der Waals surface area contributed by atoms with Gasteiger partial charge in [-0.2, -0.15) is 0 Å². The number of aliphatic hydroxyl groups excluding tert-OH is 1.